The summed E-state index contributed by atoms with van der Waals surface area (Å²) in [5.74, 6) is 0.979. The Bertz CT molecular complexity index is 433. The molecule has 3 heteroatoms. The Labute approximate surface area is 141 Å². The topological polar surface area (TPSA) is 24.5 Å². The van der Waals surface area contributed by atoms with Gasteiger partial charge >= 0.3 is 0 Å². The van der Waals surface area contributed by atoms with Crippen LogP contribution in [0, 0.1) is 5.92 Å². The third-order valence-electron chi connectivity index (χ3n) is 5.32. The van der Waals surface area contributed by atoms with Gasteiger partial charge in [0.1, 0.15) is 0 Å². The summed E-state index contributed by atoms with van der Waals surface area (Å²) in [7, 11) is 0. The van der Waals surface area contributed by atoms with Crippen molar-refractivity contribution in [2.24, 2.45) is 5.92 Å². The van der Waals surface area contributed by atoms with E-state index in [1.807, 2.05) is 0 Å². The molecule has 23 heavy (non-hydrogen) atoms. The van der Waals surface area contributed by atoms with E-state index in [0.717, 1.165) is 45.3 Å². The van der Waals surface area contributed by atoms with Crippen LogP contribution in [0.4, 0.5) is 0 Å². The molecule has 0 amide bonds. The zero-order valence-corrected chi connectivity index (χ0v) is 14.4. The van der Waals surface area contributed by atoms with E-state index < -0.39 is 0 Å². The van der Waals surface area contributed by atoms with Crippen LogP contribution in [0.3, 0.4) is 0 Å². The second kappa shape index (κ2) is 9.41. The van der Waals surface area contributed by atoms with Gasteiger partial charge in [-0.3, -0.25) is 4.90 Å². The van der Waals surface area contributed by atoms with Crippen molar-refractivity contribution in [1.29, 1.82) is 0 Å². The van der Waals surface area contributed by atoms with Crippen LogP contribution in [0.1, 0.15) is 49.7 Å². The third kappa shape index (κ3) is 5.91. The fourth-order valence-corrected chi connectivity index (χ4v) is 3.79. The van der Waals surface area contributed by atoms with E-state index in [1.165, 1.54) is 56.2 Å². The van der Waals surface area contributed by atoms with Gasteiger partial charge in [0, 0.05) is 26.2 Å². The van der Waals surface area contributed by atoms with Gasteiger partial charge in [-0.2, -0.15) is 0 Å². The summed E-state index contributed by atoms with van der Waals surface area (Å²) in [4.78, 5) is 2.47. The van der Waals surface area contributed by atoms with Crippen molar-refractivity contribution >= 4 is 0 Å². The Morgan fingerprint density at radius 3 is 2.39 bits per heavy atom. The van der Waals surface area contributed by atoms with Gasteiger partial charge in [-0.25, -0.2) is 0 Å². The van der Waals surface area contributed by atoms with Crippen LogP contribution in [0.15, 0.2) is 24.3 Å². The minimum atomic E-state index is 0.878. The van der Waals surface area contributed by atoms with Crippen LogP contribution in [0.25, 0.3) is 0 Å². The smallest absolute Gasteiger partial charge is 0.0594 e. The molecule has 1 saturated heterocycles. The molecule has 1 aliphatic carbocycles. The van der Waals surface area contributed by atoms with Gasteiger partial charge in [0.15, 0.2) is 0 Å². The van der Waals surface area contributed by atoms with Crippen molar-refractivity contribution < 1.29 is 4.74 Å². The number of hydrogen-bond acceptors (Lipinski definition) is 3. The minimum absolute atomic E-state index is 0.878. The minimum Gasteiger partial charge on any atom is -0.379 e. The molecule has 0 radical (unpaired) electrons. The number of hydrogen-bond donors (Lipinski definition) is 1. The Morgan fingerprint density at radius 1 is 0.957 bits per heavy atom. The molecule has 2 fully saturated rings. The number of rotatable bonds is 7. The van der Waals surface area contributed by atoms with Crippen LogP contribution in [-0.2, 0) is 17.8 Å². The quantitative estimate of drug-likeness (QED) is 0.778. The SMILES string of the molecule is c1cc(CN2CCOCC2)ccc1CNCCC1CCCCC1. The molecule has 1 saturated carbocycles. The molecule has 3 nitrogen and oxygen atoms in total. The van der Waals surface area contributed by atoms with E-state index in [-0.39, 0.29) is 0 Å². The van der Waals surface area contributed by atoms with E-state index >= 15 is 0 Å². The highest BCUT2D eigenvalue weighted by molar-refractivity contribution is 5.22. The molecule has 0 atom stereocenters. The van der Waals surface area contributed by atoms with Crippen molar-refractivity contribution in [3.05, 3.63) is 35.4 Å². The summed E-state index contributed by atoms with van der Waals surface area (Å²) >= 11 is 0. The average molecular weight is 316 g/mol. The van der Waals surface area contributed by atoms with Gasteiger partial charge in [-0.15, -0.1) is 0 Å². The number of benzene rings is 1. The summed E-state index contributed by atoms with van der Waals surface area (Å²) in [6.07, 6.45) is 8.64. The molecule has 0 aromatic heterocycles. The van der Waals surface area contributed by atoms with E-state index in [9.17, 15) is 0 Å². The molecule has 1 aromatic carbocycles. The highest BCUT2D eigenvalue weighted by Crippen LogP contribution is 2.25. The first kappa shape index (κ1) is 16.9. The molecule has 1 aromatic rings. The van der Waals surface area contributed by atoms with Crippen molar-refractivity contribution in [2.75, 3.05) is 32.8 Å². The number of morpholine rings is 1. The van der Waals surface area contributed by atoms with Crippen LogP contribution in [-0.4, -0.2) is 37.7 Å². The highest BCUT2D eigenvalue weighted by Gasteiger charge is 2.12. The molecular formula is C20H32N2O. The predicted octanol–water partition coefficient (Wildman–Crippen LogP) is 3.58. The second-order valence-electron chi connectivity index (χ2n) is 7.17. The van der Waals surface area contributed by atoms with E-state index in [2.05, 4.69) is 34.5 Å². The van der Waals surface area contributed by atoms with Crippen LogP contribution < -0.4 is 5.32 Å². The molecule has 1 aliphatic heterocycles. The maximum atomic E-state index is 5.41. The summed E-state index contributed by atoms with van der Waals surface area (Å²) < 4.78 is 5.41. The summed E-state index contributed by atoms with van der Waals surface area (Å²) in [6, 6.07) is 9.13. The third-order valence-corrected chi connectivity index (χ3v) is 5.32. The number of nitrogens with one attached hydrogen (secondary N) is 1. The van der Waals surface area contributed by atoms with Crippen molar-refractivity contribution in [3.63, 3.8) is 0 Å². The molecule has 2 aliphatic rings. The molecular weight excluding hydrogens is 284 g/mol. The first-order valence-corrected chi connectivity index (χ1v) is 9.49. The van der Waals surface area contributed by atoms with E-state index in [4.69, 9.17) is 4.74 Å². The molecule has 1 heterocycles. The van der Waals surface area contributed by atoms with Crippen LogP contribution >= 0.6 is 0 Å². The average Bonchev–Trinajstić information content (AvgIpc) is 2.62. The summed E-state index contributed by atoms with van der Waals surface area (Å²) in [6.45, 7) is 7.10. The van der Waals surface area contributed by atoms with Gasteiger partial charge in [0.25, 0.3) is 0 Å². The summed E-state index contributed by atoms with van der Waals surface area (Å²) in [5, 5.41) is 3.62. The fraction of sp³-hybridized carbons (Fsp3) is 0.700. The standard InChI is InChI=1S/C20H32N2O/c1-2-4-18(5-3-1)10-11-21-16-19-6-8-20(9-7-19)17-22-12-14-23-15-13-22/h6-9,18,21H,1-5,10-17H2. The number of ether oxygens (including phenoxy) is 1. The maximum absolute atomic E-state index is 5.41. The van der Waals surface area contributed by atoms with Gasteiger partial charge < -0.3 is 10.1 Å². The Kier molecular flexibility index (Phi) is 6.93. The Hall–Kier alpha value is -0.900. The number of nitrogens with zero attached hydrogens (tertiary/aromatic N) is 1. The Morgan fingerprint density at radius 2 is 1.65 bits per heavy atom. The lowest BCUT2D eigenvalue weighted by Crippen LogP contribution is -2.35. The van der Waals surface area contributed by atoms with Crippen molar-refractivity contribution in [3.8, 4) is 0 Å². The molecule has 1 N–H and O–H groups in total. The molecule has 0 bridgehead atoms. The highest BCUT2D eigenvalue weighted by atomic mass is 16.5. The predicted molar refractivity (Wildman–Crippen MR) is 95.4 cm³/mol. The van der Waals surface area contributed by atoms with E-state index in [0.29, 0.717) is 0 Å². The molecule has 3 rings (SSSR count). The first-order chi connectivity index (χ1) is 11.4. The van der Waals surface area contributed by atoms with Gasteiger partial charge in [-0.05, 0) is 30.0 Å². The molecule has 128 valence electrons. The first-order valence-electron chi connectivity index (χ1n) is 9.49. The van der Waals surface area contributed by atoms with Crippen molar-refractivity contribution in [2.45, 2.75) is 51.6 Å². The lowest BCUT2D eigenvalue weighted by Gasteiger charge is -2.26. The van der Waals surface area contributed by atoms with Gasteiger partial charge in [-0.1, -0.05) is 56.4 Å². The largest absolute Gasteiger partial charge is 0.379 e. The normalized spacial score (nSPS) is 20.7. The zero-order chi connectivity index (χ0) is 15.7. The summed E-state index contributed by atoms with van der Waals surface area (Å²) in [5.41, 5.74) is 2.82. The van der Waals surface area contributed by atoms with Crippen molar-refractivity contribution in [1.82, 2.24) is 10.2 Å². The monoisotopic (exact) mass is 316 g/mol. The van der Waals surface area contributed by atoms with Gasteiger partial charge in [0.05, 0.1) is 13.2 Å². The maximum Gasteiger partial charge on any atom is 0.0594 e. The van der Waals surface area contributed by atoms with E-state index in [1.54, 1.807) is 0 Å². The lowest BCUT2D eigenvalue weighted by molar-refractivity contribution is 0.0342. The second-order valence-corrected chi connectivity index (χ2v) is 7.17. The Balaban J connectivity index is 1.33. The molecule has 0 spiro atoms. The van der Waals surface area contributed by atoms with Crippen LogP contribution in [0.2, 0.25) is 0 Å². The molecule has 0 unspecified atom stereocenters. The van der Waals surface area contributed by atoms with Gasteiger partial charge in [0.2, 0.25) is 0 Å². The van der Waals surface area contributed by atoms with Crippen LogP contribution in [0.5, 0.6) is 0 Å². The lowest BCUT2D eigenvalue weighted by atomic mass is 9.87. The fourth-order valence-electron chi connectivity index (χ4n) is 3.79. The zero-order valence-electron chi connectivity index (χ0n) is 14.4.